The highest BCUT2D eigenvalue weighted by Crippen LogP contribution is 1.98. The van der Waals surface area contributed by atoms with Crippen molar-refractivity contribution in [3.8, 4) is 12.3 Å². The van der Waals surface area contributed by atoms with Crippen LogP contribution in [0.25, 0.3) is 0 Å². The van der Waals surface area contributed by atoms with Crippen LogP contribution in [0.2, 0.25) is 0 Å². The van der Waals surface area contributed by atoms with E-state index in [0.29, 0.717) is 13.0 Å². The van der Waals surface area contributed by atoms with E-state index in [2.05, 4.69) is 15.4 Å². The number of hydrogen-bond acceptors (Lipinski definition) is 4. The van der Waals surface area contributed by atoms with Gasteiger partial charge in [-0.2, -0.15) is 0 Å². The summed E-state index contributed by atoms with van der Waals surface area (Å²) in [7, 11) is 0. The molecule has 0 aromatic rings. The second-order valence-corrected chi connectivity index (χ2v) is 3.72. The fourth-order valence-electron chi connectivity index (χ4n) is 0.651. The average molecular weight is 204 g/mol. The fourth-order valence-corrected chi connectivity index (χ4v) is 0.905. The molecule has 1 unspecified atom stereocenters. The number of nitrogens with one attached hydrogen (secondary N) is 1. The molecule has 0 saturated heterocycles. The highest BCUT2D eigenvalue weighted by atomic mass is 32.2. The first-order chi connectivity index (χ1) is 5.98. The molecule has 0 amide bonds. The molecular weight excluding hydrogens is 190 g/mol. The van der Waals surface area contributed by atoms with Crippen LogP contribution >= 0.6 is 0 Å². The molecule has 0 aromatic heterocycles. The summed E-state index contributed by atoms with van der Waals surface area (Å²) < 4.78 is 24.2. The van der Waals surface area contributed by atoms with Crippen LogP contribution in [-0.4, -0.2) is 27.5 Å². The lowest BCUT2D eigenvalue weighted by atomic mass is 10.1. The largest absolute Gasteiger partial charge is 0.750 e. The Hall–Kier alpha value is -0.410. The standard InChI is InChI=1S/C8H15NO3S/c1-4-8(2,3)9-6-5-7-12-13(10)11/h1,9H,5-7H2,2-3H3,(H,10,11)/p-1. The Bertz CT molecular complexity index is 210. The lowest BCUT2D eigenvalue weighted by molar-refractivity contribution is 0.290. The van der Waals surface area contributed by atoms with E-state index in [-0.39, 0.29) is 12.1 Å². The average Bonchev–Trinajstić information content (AvgIpc) is 2.03. The SMILES string of the molecule is C#CC(C)(C)NCCCOS(=O)[O-]. The Morgan fingerprint density at radius 1 is 1.69 bits per heavy atom. The summed E-state index contributed by atoms with van der Waals surface area (Å²) in [6.45, 7) is 4.57. The van der Waals surface area contributed by atoms with Crippen molar-refractivity contribution in [2.45, 2.75) is 25.8 Å². The van der Waals surface area contributed by atoms with E-state index in [0.717, 1.165) is 0 Å². The van der Waals surface area contributed by atoms with Gasteiger partial charge in [-0.15, -0.1) is 6.42 Å². The molecule has 13 heavy (non-hydrogen) atoms. The molecule has 5 heteroatoms. The van der Waals surface area contributed by atoms with E-state index in [9.17, 15) is 8.76 Å². The first kappa shape index (κ1) is 12.6. The zero-order valence-corrected chi connectivity index (χ0v) is 8.65. The number of hydrogen-bond donors (Lipinski definition) is 1. The van der Waals surface area contributed by atoms with Crippen LogP contribution in [0.4, 0.5) is 0 Å². The Morgan fingerprint density at radius 2 is 2.31 bits per heavy atom. The van der Waals surface area contributed by atoms with Gasteiger partial charge in [0.1, 0.15) is 0 Å². The maximum Gasteiger partial charge on any atom is 0.0842 e. The zero-order valence-electron chi connectivity index (χ0n) is 7.83. The summed E-state index contributed by atoms with van der Waals surface area (Å²) in [5.41, 5.74) is -0.351. The van der Waals surface area contributed by atoms with Gasteiger partial charge in [-0.1, -0.05) is 5.92 Å². The molecule has 4 nitrogen and oxygen atoms in total. The monoisotopic (exact) mass is 204 g/mol. The molecule has 0 aliphatic carbocycles. The smallest absolute Gasteiger partial charge is 0.0842 e. The van der Waals surface area contributed by atoms with Gasteiger partial charge in [0.15, 0.2) is 0 Å². The van der Waals surface area contributed by atoms with E-state index in [1.165, 1.54) is 0 Å². The molecule has 0 aliphatic heterocycles. The van der Waals surface area contributed by atoms with Gasteiger partial charge < -0.3 is 14.1 Å². The van der Waals surface area contributed by atoms with Crippen LogP contribution in [0.1, 0.15) is 20.3 Å². The second-order valence-electron chi connectivity index (χ2n) is 3.08. The van der Waals surface area contributed by atoms with Crippen LogP contribution < -0.4 is 5.32 Å². The Balaban J connectivity index is 3.37. The van der Waals surface area contributed by atoms with Gasteiger partial charge in [-0.3, -0.25) is 0 Å². The normalized spacial score (nSPS) is 13.7. The van der Waals surface area contributed by atoms with Crippen LogP contribution in [0.5, 0.6) is 0 Å². The van der Waals surface area contributed by atoms with Crippen LogP contribution in [0.3, 0.4) is 0 Å². The lowest BCUT2D eigenvalue weighted by Gasteiger charge is -2.19. The van der Waals surface area contributed by atoms with Crippen molar-refractivity contribution >= 4 is 11.4 Å². The fraction of sp³-hybridized carbons (Fsp3) is 0.750. The van der Waals surface area contributed by atoms with Crippen LogP contribution in [0, 0.1) is 12.3 Å². The van der Waals surface area contributed by atoms with Gasteiger partial charge in [0, 0.05) is 0 Å². The van der Waals surface area contributed by atoms with Gasteiger partial charge >= 0.3 is 0 Å². The van der Waals surface area contributed by atoms with E-state index in [4.69, 9.17) is 6.42 Å². The van der Waals surface area contributed by atoms with Crippen molar-refractivity contribution in [1.29, 1.82) is 0 Å². The van der Waals surface area contributed by atoms with Crippen molar-refractivity contribution in [3.05, 3.63) is 0 Å². The summed E-state index contributed by atoms with van der Waals surface area (Å²) in [5.74, 6) is 2.57. The first-order valence-electron chi connectivity index (χ1n) is 3.93. The molecule has 76 valence electrons. The maximum atomic E-state index is 9.94. The number of terminal acetylenes is 1. The topological polar surface area (TPSA) is 61.4 Å². The zero-order chi connectivity index (χ0) is 10.3. The molecular formula is C8H14NO3S-. The van der Waals surface area contributed by atoms with E-state index in [1.54, 1.807) is 0 Å². The van der Waals surface area contributed by atoms with Crippen LogP contribution in [0.15, 0.2) is 0 Å². The van der Waals surface area contributed by atoms with Gasteiger partial charge in [0.05, 0.1) is 23.5 Å². The Kier molecular flexibility index (Phi) is 5.91. The van der Waals surface area contributed by atoms with Gasteiger partial charge in [0.25, 0.3) is 0 Å². The molecule has 0 radical (unpaired) electrons. The van der Waals surface area contributed by atoms with Crippen molar-refractivity contribution in [2.75, 3.05) is 13.2 Å². The third-order valence-electron chi connectivity index (χ3n) is 1.43. The van der Waals surface area contributed by atoms with Crippen molar-refractivity contribution in [1.82, 2.24) is 5.32 Å². The highest BCUT2D eigenvalue weighted by Gasteiger charge is 2.10. The van der Waals surface area contributed by atoms with E-state index >= 15 is 0 Å². The van der Waals surface area contributed by atoms with E-state index < -0.39 is 11.4 Å². The van der Waals surface area contributed by atoms with E-state index in [1.807, 2.05) is 13.8 Å². The third kappa shape index (κ3) is 7.94. The molecule has 0 aliphatic rings. The summed E-state index contributed by atoms with van der Waals surface area (Å²) in [6, 6.07) is 0. The van der Waals surface area contributed by atoms with Crippen molar-refractivity contribution < 1.29 is 12.9 Å². The predicted octanol–water partition coefficient (Wildman–Crippen LogP) is 0.189. The molecule has 0 bridgehead atoms. The lowest BCUT2D eigenvalue weighted by Crippen LogP contribution is -2.38. The molecule has 0 fully saturated rings. The van der Waals surface area contributed by atoms with Gasteiger partial charge in [0.2, 0.25) is 0 Å². The molecule has 0 rings (SSSR count). The van der Waals surface area contributed by atoms with Crippen molar-refractivity contribution in [3.63, 3.8) is 0 Å². The molecule has 0 heterocycles. The number of rotatable bonds is 6. The Labute approximate surface area is 81.5 Å². The minimum absolute atomic E-state index is 0.184. The Morgan fingerprint density at radius 3 is 2.77 bits per heavy atom. The van der Waals surface area contributed by atoms with Gasteiger partial charge in [-0.25, -0.2) is 4.21 Å². The van der Waals surface area contributed by atoms with Crippen LogP contribution in [-0.2, 0) is 15.5 Å². The molecule has 0 aromatic carbocycles. The summed E-state index contributed by atoms with van der Waals surface area (Å²) >= 11 is -2.41. The van der Waals surface area contributed by atoms with Crippen molar-refractivity contribution in [2.24, 2.45) is 0 Å². The summed E-state index contributed by atoms with van der Waals surface area (Å²) in [6.07, 6.45) is 5.84. The summed E-state index contributed by atoms with van der Waals surface area (Å²) in [4.78, 5) is 0. The highest BCUT2D eigenvalue weighted by molar-refractivity contribution is 7.74. The predicted molar refractivity (Wildman–Crippen MR) is 50.4 cm³/mol. The molecule has 0 spiro atoms. The maximum absolute atomic E-state index is 9.94. The summed E-state index contributed by atoms with van der Waals surface area (Å²) in [5, 5.41) is 3.07. The minimum atomic E-state index is -2.41. The molecule has 0 saturated carbocycles. The first-order valence-corrected chi connectivity index (χ1v) is 4.93. The second kappa shape index (κ2) is 6.11. The van der Waals surface area contributed by atoms with Gasteiger partial charge in [-0.05, 0) is 26.8 Å². The molecule has 1 N–H and O–H groups in total. The third-order valence-corrected chi connectivity index (χ3v) is 1.79. The molecule has 1 atom stereocenters. The minimum Gasteiger partial charge on any atom is -0.750 e. The quantitative estimate of drug-likeness (QED) is 0.381.